The Kier molecular flexibility index (Phi) is 5.57. The fraction of sp³-hybridized carbons (Fsp3) is 0.923. The van der Waals surface area contributed by atoms with E-state index in [0.717, 1.165) is 39.3 Å². The summed E-state index contributed by atoms with van der Waals surface area (Å²) in [4.78, 5) is 16.8. The molecule has 0 aromatic heterocycles. The van der Waals surface area contributed by atoms with Gasteiger partial charge in [-0.05, 0) is 14.1 Å². The summed E-state index contributed by atoms with van der Waals surface area (Å²) in [6, 6.07) is 0.156. The number of amides is 1. The van der Waals surface area contributed by atoms with Crippen LogP contribution in [0.5, 0.6) is 0 Å². The third kappa shape index (κ3) is 4.14. The van der Waals surface area contributed by atoms with Gasteiger partial charge in [0.1, 0.15) is 0 Å². The van der Waals surface area contributed by atoms with E-state index < -0.39 is 0 Å². The molecule has 6 nitrogen and oxygen atoms in total. The Morgan fingerprint density at radius 2 is 2.00 bits per heavy atom. The molecule has 19 heavy (non-hydrogen) atoms. The number of carbonyl (C=O) groups is 1. The van der Waals surface area contributed by atoms with E-state index in [0.29, 0.717) is 13.2 Å². The van der Waals surface area contributed by atoms with E-state index in [2.05, 4.69) is 27.5 Å². The first-order valence-electron chi connectivity index (χ1n) is 7.14. The molecule has 2 aliphatic rings. The van der Waals surface area contributed by atoms with Crippen LogP contribution in [0.1, 0.15) is 0 Å². The summed E-state index contributed by atoms with van der Waals surface area (Å²) in [5.74, 6) is 0.0727. The van der Waals surface area contributed by atoms with Gasteiger partial charge in [0.25, 0.3) is 0 Å². The Morgan fingerprint density at radius 1 is 1.26 bits per heavy atom. The maximum absolute atomic E-state index is 12.1. The minimum atomic E-state index is -0.0440. The van der Waals surface area contributed by atoms with Crippen LogP contribution in [0.3, 0.4) is 0 Å². The lowest BCUT2D eigenvalue weighted by molar-refractivity contribution is -0.125. The van der Waals surface area contributed by atoms with Crippen molar-refractivity contribution in [1.29, 1.82) is 0 Å². The summed E-state index contributed by atoms with van der Waals surface area (Å²) in [6.45, 7) is 7.26. The minimum Gasteiger partial charge on any atom is -0.379 e. The van der Waals surface area contributed by atoms with Crippen LogP contribution in [0.15, 0.2) is 0 Å². The van der Waals surface area contributed by atoms with Crippen LogP contribution >= 0.6 is 0 Å². The van der Waals surface area contributed by atoms with Crippen LogP contribution in [-0.4, -0.2) is 88.3 Å². The molecule has 2 unspecified atom stereocenters. The highest BCUT2D eigenvalue weighted by molar-refractivity contribution is 5.79. The molecule has 0 saturated carbocycles. The molecule has 2 aliphatic heterocycles. The van der Waals surface area contributed by atoms with Gasteiger partial charge in [-0.2, -0.15) is 0 Å². The first-order valence-corrected chi connectivity index (χ1v) is 7.14. The largest absolute Gasteiger partial charge is 0.379 e. The van der Waals surface area contributed by atoms with Crippen molar-refractivity contribution in [3.8, 4) is 0 Å². The van der Waals surface area contributed by atoms with Crippen molar-refractivity contribution in [2.45, 2.75) is 6.04 Å². The summed E-state index contributed by atoms with van der Waals surface area (Å²) in [6.07, 6.45) is 0. The van der Waals surface area contributed by atoms with E-state index in [1.807, 2.05) is 7.05 Å². The minimum absolute atomic E-state index is 0.0440. The fourth-order valence-electron chi connectivity index (χ4n) is 2.64. The zero-order valence-corrected chi connectivity index (χ0v) is 12.0. The molecule has 2 saturated heterocycles. The maximum atomic E-state index is 12.1. The predicted octanol–water partition coefficient (Wildman–Crippen LogP) is -1.42. The molecule has 6 heteroatoms. The van der Waals surface area contributed by atoms with Crippen molar-refractivity contribution in [2.75, 3.05) is 66.6 Å². The van der Waals surface area contributed by atoms with Gasteiger partial charge in [-0.15, -0.1) is 0 Å². The van der Waals surface area contributed by atoms with E-state index in [-0.39, 0.29) is 17.9 Å². The third-order valence-electron chi connectivity index (χ3n) is 4.11. The van der Waals surface area contributed by atoms with Crippen LogP contribution in [0.2, 0.25) is 0 Å². The highest BCUT2D eigenvalue weighted by Gasteiger charge is 2.32. The van der Waals surface area contributed by atoms with E-state index in [4.69, 9.17) is 4.74 Å². The summed E-state index contributed by atoms with van der Waals surface area (Å²) in [5, 5.41) is 6.17. The Hall–Kier alpha value is -0.690. The number of hydrogen-bond acceptors (Lipinski definition) is 5. The third-order valence-corrected chi connectivity index (χ3v) is 4.11. The first kappa shape index (κ1) is 14.7. The lowest BCUT2D eigenvalue weighted by Crippen LogP contribution is -2.48. The molecule has 0 aliphatic carbocycles. The molecule has 2 rings (SSSR count). The molecule has 110 valence electrons. The number of rotatable bonds is 5. The van der Waals surface area contributed by atoms with Gasteiger partial charge in [-0.25, -0.2) is 0 Å². The highest BCUT2D eigenvalue weighted by Crippen LogP contribution is 2.13. The monoisotopic (exact) mass is 270 g/mol. The van der Waals surface area contributed by atoms with Gasteiger partial charge in [0, 0.05) is 45.3 Å². The van der Waals surface area contributed by atoms with Crippen LogP contribution in [-0.2, 0) is 9.53 Å². The second-order valence-corrected chi connectivity index (χ2v) is 5.48. The van der Waals surface area contributed by atoms with Crippen LogP contribution in [0.25, 0.3) is 0 Å². The molecule has 2 heterocycles. The molecular formula is C13H26N4O2. The Balaban J connectivity index is 1.64. The van der Waals surface area contributed by atoms with E-state index in [1.54, 1.807) is 0 Å². The number of piperazine rings is 1. The molecule has 0 spiro atoms. The molecule has 0 aromatic rings. The van der Waals surface area contributed by atoms with Crippen molar-refractivity contribution >= 4 is 5.91 Å². The molecule has 2 atom stereocenters. The van der Waals surface area contributed by atoms with Crippen molar-refractivity contribution in [3.63, 3.8) is 0 Å². The number of likely N-dealkylation sites (N-methyl/N-ethyl adjacent to an activating group) is 2. The number of nitrogens with one attached hydrogen (secondary N) is 2. The average Bonchev–Trinajstić information content (AvgIpc) is 2.89. The normalized spacial score (nSPS) is 29.6. The lowest BCUT2D eigenvalue weighted by atomic mass is 10.0. The molecule has 0 radical (unpaired) electrons. The van der Waals surface area contributed by atoms with E-state index in [9.17, 15) is 4.79 Å². The molecule has 1 amide bonds. The zero-order valence-electron chi connectivity index (χ0n) is 12.0. The average molecular weight is 270 g/mol. The molecule has 0 bridgehead atoms. The van der Waals surface area contributed by atoms with Gasteiger partial charge in [0.2, 0.25) is 5.91 Å². The number of carbonyl (C=O) groups excluding carboxylic acids is 1. The SMILES string of the molecule is CNC1COCC1C(=O)NCCN1CCN(C)CC1. The van der Waals surface area contributed by atoms with E-state index in [1.165, 1.54) is 0 Å². The van der Waals surface area contributed by atoms with Gasteiger partial charge >= 0.3 is 0 Å². The predicted molar refractivity (Wildman–Crippen MR) is 74.1 cm³/mol. The maximum Gasteiger partial charge on any atom is 0.227 e. The second-order valence-electron chi connectivity index (χ2n) is 5.48. The first-order chi connectivity index (χ1) is 9.20. The number of nitrogens with zero attached hydrogens (tertiary/aromatic N) is 2. The Morgan fingerprint density at radius 3 is 2.68 bits per heavy atom. The summed E-state index contributed by atoms with van der Waals surface area (Å²) in [7, 11) is 4.03. The van der Waals surface area contributed by atoms with Crippen molar-refractivity contribution in [3.05, 3.63) is 0 Å². The topological polar surface area (TPSA) is 56.8 Å². The molecule has 0 aromatic carbocycles. The van der Waals surface area contributed by atoms with E-state index >= 15 is 0 Å². The van der Waals surface area contributed by atoms with Gasteiger partial charge in [-0.3, -0.25) is 9.69 Å². The summed E-state index contributed by atoms with van der Waals surface area (Å²) >= 11 is 0. The highest BCUT2D eigenvalue weighted by atomic mass is 16.5. The van der Waals surface area contributed by atoms with Crippen LogP contribution in [0, 0.1) is 5.92 Å². The quantitative estimate of drug-likeness (QED) is 0.642. The lowest BCUT2D eigenvalue weighted by Gasteiger charge is -2.32. The standard InChI is InChI=1S/C13H26N4O2/c1-14-12-10-19-9-11(12)13(18)15-3-4-17-7-5-16(2)6-8-17/h11-12,14H,3-10H2,1-2H3,(H,15,18). The zero-order chi connectivity index (χ0) is 13.7. The fourth-order valence-corrected chi connectivity index (χ4v) is 2.64. The van der Waals surface area contributed by atoms with Crippen LogP contribution in [0.4, 0.5) is 0 Å². The number of ether oxygens (including phenoxy) is 1. The molecule has 2 fully saturated rings. The van der Waals surface area contributed by atoms with Gasteiger partial charge in [0.05, 0.1) is 19.1 Å². The van der Waals surface area contributed by atoms with Crippen LogP contribution < -0.4 is 10.6 Å². The number of hydrogen-bond donors (Lipinski definition) is 2. The van der Waals surface area contributed by atoms with Crippen molar-refractivity contribution < 1.29 is 9.53 Å². The Labute approximate surface area is 115 Å². The van der Waals surface area contributed by atoms with Gasteiger partial charge in [-0.1, -0.05) is 0 Å². The van der Waals surface area contributed by atoms with Gasteiger partial charge < -0.3 is 20.3 Å². The summed E-state index contributed by atoms with van der Waals surface area (Å²) < 4.78 is 5.35. The summed E-state index contributed by atoms with van der Waals surface area (Å²) in [5.41, 5.74) is 0. The smallest absolute Gasteiger partial charge is 0.227 e. The van der Waals surface area contributed by atoms with Crippen molar-refractivity contribution in [1.82, 2.24) is 20.4 Å². The Bertz CT molecular complexity index is 292. The van der Waals surface area contributed by atoms with Gasteiger partial charge in [0.15, 0.2) is 0 Å². The second kappa shape index (κ2) is 7.19. The molecule has 2 N–H and O–H groups in total. The van der Waals surface area contributed by atoms with Crippen molar-refractivity contribution in [2.24, 2.45) is 5.92 Å². The molecular weight excluding hydrogens is 244 g/mol.